The van der Waals surface area contributed by atoms with Crippen molar-refractivity contribution in [1.29, 1.82) is 0 Å². The molecule has 0 N–H and O–H groups in total. The minimum Gasteiger partial charge on any atom is -0.457 e. The lowest BCUT2D eigenvalue weighted by Gasteiger charge is -2.17. The average Bonchev–Trinajstić information content (AvgIpc) is 3.13. The van der Waals surface area contributed by atoms with Crippen LogP contribution in [0.3, 0.4) is 0 Å². The van der Waals surface area contributed by atoms with Gasteiger partial charge in [-0.3, -0.25) is 14.4 Å². The van der Waals surface area contributed by atoms with Gasteiger partial charge in [0.15, 0.2) is 12.4 Å². The Morgan fingerprint density at radius 1 is 1.00 bits per heavy atom. The molecule has 1 atom stereocenters. The van der Waals surface area contributed by atoms with Crippen molar-refractivity contribution in [2.45, 2.75) is 6.42 Å². The summed E-state index contributed by atoms with van der Waals surface area (Å²) < 4.78 is 6.06. The van der Waals surface area contributed by atoms with E-state index in [4.69, 9.17) is 4.74 Å². The number of Topliss-reactive ketones (excluding diaryl/α,β-unsaturated/α-hetero) is 1. The van der Waals surface area contributed by atoms with E-state index in [0.717, 1.165) is 20.9 Å². The number of hydrogen-bond acceptors (Lipinski definition) is 4. The third-order valence-electron chi connectivity index (χ3n) is 5.01. The molecule has 0 aliphatic carbocycles. The highest BCUT2D eigenvalue weighted by molar-refractivity contribution is 9.10. The van der Waals surface area contributed by atoms with Crippen LogP contribution in [0.2, 0.25) is 0 Å². The number of ether oxygens (including phenoxy) is 1. The predicted molar refractivity (Wildman–Crippen MR) is 114 cm³/mol. The van der Waals surface area contributed by atoms with Crippen molar-refractivity contribution in [1.82, 2.24) is 0 Å². The third-order valence-corrected chi connectivity index (χ3v) is 5.54. The fourth-order valence-corrected chi connectivity index (χ4v) is 3.70. The van der Waals surface area contributed by atoms with Gasteiger partial charge < -0.3 is 9.64 Å². The van der Waals surface area contributed by atoms with Gasteiger partial charge in [0.25, 0.3) is 0 Å². The average molecular weight is 452 g/mol. The van der Waals surface area contributed by atoms with Gasteiger partial charge in [0.05, 0.1) is 5.92 Å². The largest absolute Gasteiger partial charge is 0.457 e. The molecular formula is C23H18BrNO4. The molecular weight excluding hydrogens is 434 g/mol. The summed E-state index contributed by atoms with van der Waals surface area (Å²) in [6.45, 7) is -0.0798. The van der Waals surface area contributed by atoms with Crippen LogP contribution in [0.1, 0.15) is 16.8 Å². The van der Waals surface area contributed by atoms with Crippen LogP contribution in [-0.2, 0) is 14.3 Å². The van der Waals surface area contributed by atoms with E-state index in [1.807, 2.05) is 42.5 Å². The predicted octanol–water partition coefficient (Wildman–Crippen LogP) is 4.38. The fourth-order valence-electron chi connectivity index (χ4n) is 3.43. The van der Waals surface area contributed by atoms with Crippen molar-refractivity contribution in [3.8, 4) is 0 Å². The summed E-state index contributed by atoms with van der Waals surface area (Å²) in [4.78, 5) is 38.7. The van der Waals surface area contributed by atoms with Gasteiger partial charge in [-0.2, -0.15) is 0 Å². The van der Waals surface area contributed by atoms with Crippen LogP contribution in [0.4, 0.5) is 5.69 Å². The smallest absolute Gasteiger partial charge is 0.311 e. The molecule has 0 radical (unpaired) electrons. The Hall–Kier alpha value is -2.99. The molecule has 1 aliphatic rings. The van der Waals surface area contributed by atoms with Gasteiger partial charge >= 0.3 is 5.97 Å². The Morgan fingerprint density at radius 3 is 2.48 bits per heavy atom. The minimum absolute atomic E-state index is 0.0815. The van der Waals surface area contributed by atoms with E-state index in [0.29, 0.717) is 5.56 Å². The number of esters is 1. The molecule has 1 unspecified atom stereocenters. The molecule has 6 heteroatoms. The molecule has 1 fully saturated rings. The first-order chi connectivity index (χ1) is 14.0. The lowest BCUT2D eigenvalue weighted by Crippen LogP contribution is -2.27. The molecule has 1 heterocycles. The molecule has 5 nitrogen and oxygen atoms in total. The summed E-state index contributed by atoms with van der Waals surface area (Å²) in [5.74, 6) is -1.50. The quantitative estimate of drug-likeness (QED) is 0.426. The summed E-state index contributed by atoms with van der Waals surface area (Å²) >= 11 is 3.31. The normalized spacial score (nSPS) is 16.2. The maximum absolute atomic E-state index is 12.5. The summed E-state index contributed by atoms with van der Waals surface area (Å²) in [5.41, 5.74) is 1.23. The zero-order valence-electron chi connectivity index (χ0n) is 15.5. The van der Waals surface area contributed by atoms with E-state index < -0.39 is 11.9 Å². The highest BCUT2D eigenvalue weighted by atomic mass is 79.9. The Bertz CT molecular complexity index is 1090. The summed E-state index contributed by atoms with van der Waals surface area (Å²) in [6.07, 6.45) is 0.0815. The monoisotopic (exact) mass is 451 g/mol. The van der Waals surface area contributed by atoms with Gasteiger partial charge in [-0.25, -0.2) is 0 Å². The van der Waals surface area contributed by atoms with Crippen LogP contribution >= 0.6 is 15.9 Å². The number of hydrogen-bond donors (Lipinski definition) is 0. The Kier molecular flexibility index (Phi) is 5.45. The number of ketones is 1. The number of carbonyl (C=O) groups is 3. The van der Waals surface area contributed by atoms with Crippen molar-refractivity contribution in [2.24, 2.45) is 5.92 Å². The minimum atomic E-state index is -0.577. The highest BCUT2D eigenvalue weighted by Gasteiger charge is 2.36. The number of halogens is 1. The van der Waals surface area contributed by atoms with Crippen molar-refractivity contribution in [3.05, 3.63) is 76.8 Å². The number of nitrogens with zero attached hydrogens (tertiary/aromatic N) is 1. The Balaban J connectivity index is 1.39. The van der Waals surface area contributed by atoms with E-state index in [-0.39, 0.29) is 31.3 Å². The second-order valence-corrected chi connectivity index (χ2v) is 7.89. The van der Waals surface area contributed by atoms with Gasteiger partial charge in [0.1, 0.15) is 0 Å². The number of rotatable bonds is 5. The van der Waals surface area contributed by atoms with Gasteiger partial charge in [-0.05, 0) is 35.0 Å². The molecule has 0 saturated carbocycles. The van der Waals surface area contributed by atoms with Crippen LogP contribution in [0, 0.1) is 5.92 Å². The molecule has 3 aromatic rings. The molecule has 0 bridgehead atoms. The SMILES string of the molecule is O=C(COC(=O)C1CC(=O)N(c2ccc3ccccc3c2)C1)c1ccc(Br)cc1. The third kappa shape index (κ3) is 4.22. The molecule has 1 saturated heterocycles. The van der Waals surface area contributed by atoms with Gasteiger partial charge in [-0.1, -0.05) is 58.4 Å². The van der Waals surface area contributed by atoms with Gasteiger partial charge in [0, 0.05) is 28.7 Å². The van der Waals surface area contributed by atoms with Crippen molar-refractivity contribution < 1.29 is 19.1 Å². The number of anilines is 1. The first kappa shape index (κ1) is 19.3. The van der Waals surface area contributed by atoms with Crippen LogP contribution in [0.25, 0.3) is 10.8 Å². The maximum atomic E-state index is 12.5. The second kappa shape index (κ2) is 8.17. The summed E-state index contributed by atoms with van der Waals surface area (Å²) in [6, 6.07) is 20.5. The first-order valence-electron chi connectivity index (χ1n) is 9.26. The number of benzene rings is 3. The van der Waals surface area contributed by atoms with Gasteiger partial charge in [-0.15, -0.1) is 0 Å². The Morgan fingerprint density at radius 2 is 1.72 bits per heavy atom. The first-order valence-corrected chi connectivity index (χ1v) is 10.0. The van der Waals surface area contributed by atoms with Crippen molar-refractivity contribution >= 4 is 50.0 Å². The zero-order chi connectivity index (χ0) is 20.4. The standard InChI is InChI=1S/C23H18BrNO4/c24-19-8-5-16(6-9-19)21(26)14-29-23(28)18-12-22(27)25(13-18)20-10-7-15-3-1-2-4-17(15)11-20/h1-11,18H,12-14H2. The van der Waals surface area contributed by atoms with Gasteiger partial charge in [0.2, 0.25) is 5.91 Å². The summed E-state index contributed by atoms with van der Waals surface area (Å²) in [7, 11) is 0. The fraction of sp³-hybridized carbons (Fsp3) is 0.174. The van der Waals surface area contributed by atoms with E-state index in [1.165, 1.54) is 0 Å². The molecule has 0 spiro atoms. The van der Waals surface area contributed by atoms with E-state index in [9.17, 15) is 14.4 Å². The van der Waals surface area contributed by atoms with Crippen LogP contribution in [0.15, 0.2) is 71.2 Å². The Labute approximate surface area is 176 Å². The highest BCUT2D eigenvalue weighted by Crippen LogP contribution is 2.28. The molecule has 0 aromatic heterocycles. The number of fused-ring (bicyclic) bond motifs is 1. The number of amides is 1. The van der Waals surface area contributed by atoms with Crippen molar-refractivity contribution in [2.75, 3.05) is 18.1 Å². The van der Waals surface area contributed by atoms with E-state index in [1.54, 1.807) is 29.2 Å². The van der Waals surface area contributed by atoms with E-state index >= 15 is 0 Å². The van der Waals surface area contributed by atoms with Crippen LogP contribution < -0.4 is 4.90 Å². The topological polar surface area (TPSA) is 63.7 Å². The van der Waals surface area contributed by atoms with E-state index in [2.05, 4.69) is 15.9 Å². The van der Waals surface area contributed by atoms with Crippen LogP contribution in [0.5, 0.6) is 0 Å². The maximum Gasteiger partial charge on any atom is 0.311 e. The lowest BCUT2D eigenvalue weighted by atomic mass is 10.1. The molecule has 4 rings (SSSR count). The molecule has 29 heavy (non-hydrogen) atoms. The molecule has 146 valence electrons. The lowest BCUT2D eigenvalue weighted by molar-refractivity contribution is -0.147. The molecule has 1 aliphatic heterocycles. The molecule has 3 aromatic carbocycles. The zero-order valence-corrected chi connectivity index (χ0v) is 17.1. The number of carbonyl (C=O) groups excluding carboxylic acids is 3. The second-order valence-electron chi connectivity index (χ2n) is 6.97. The summed E-state index contributed by atoms with van der Waals surface area (Å²) in [5, 5.41) is 2.12. The van der Waals surface area contributed by atoms with Crippen LogP contribution in [-0.4, -0.2) is 30.8 Å². The molecule has 1 amide bonds. The van der Waals surface area contributed by atoms with Crippen molar-refractivity contribution in [3.63, 3.8) is 0 Å².